The number of benzene rings is 2. The van der Waals surface area contributed by atoms with E-state index in [1.165, 1.54) is 31.2 Å². The number of ether oxygens (including phenoxy) is 1. The van der Waals surface area contributed by atoms with Crippen LogP contribution in [0.15, 0.2) is 47.4 Å². The van der Waals surface area contributed by atoms with Crippen LogP contribution >= 0.6 is 0 Å². The first-order valence-corrected chi connectivity index (χ1v) is 9.54. The Hall–Kier alpha value is -2.51. The minimum atomic E-state index is -3.72. The molecule has 1 N–H and O–H groups in total. The van der Waals surface area contributed by atoms with Gasteiger partial charge in [-0.2, -0.15) is 0 Å². The lowest BCUT2D eigenvalue weighted by Crippen LogP contribution is -2.30. The van der Waals surface area contributed by atoms with E-state index < -0.39 is 16.0 Å². The highest BCUT2D eigenvalue weighted by Crippen LogP contribution is 2.19. The van der Waals surface area contributed by atoms with Gasteiger partial charge >= 0.3 is 5.97 Å². The van der Waals surface area contributed by atoms with Crippen molar-refractivity contribution in [2.45, 2.75) is 38.6 Å². The molecule has 0 saturated heterocycles. The van der Waals surface area contributed by atoms with Gasteiger partial charge in [0.15, 0.2) is 5.78 Å². The molecule has 26 heavy (non-hydrogen) atoms. The van der Waals surface area contributed by atoms with E-state index in [1.54, 1.807) is 39.0 Å². The standard InChI is InChI=1S/C19H21NO5S/c1-12(2)20-26(23,24)17-10-5-13(3)18(11-17)19(22)25-16-8-6-15(7-9-16)14(4)21/h5-12,20H,1-4H3. The Bertz CT molecular complexity index is 931. The number of ketones is 1. The van der Waals surface area contributed by atoms with Crippen molar-refractivity contribution in [1.82, 2.24) is 4.72 Å². The Morgan fingerprint density at radius 1 is 1.04 bits per heavy atom. The Balaban J connectivity index is 2.28. The molecule has 0 aliphatic carbocycles. The summed E-state index contributed by atoms with van der Waals surface area (Å²) < 4.78 is 32.4. The van der Waals surface area contributed by atoms with E-state index in [1.807, 2.05) is 0 Å². The van der Waals surface area contributed by atoms with E-state index in [0.717, 1.165) is 0 Å². The van der Waals surface area contributed by atoms with E-state index in [2.05, 4.69) is 4.72 Å². The average molecular weight is 375 g/mol. The SMILES string of the molecule is CC(=O)c1ccc(OC(=O)c2cc(S(=O)(=O)NC(C)C)ccc2C)cc1. The minimum absolute atomic E-state index is 0.00400. The van der Waals surface area contributed by atoms with Crippen LogP contribution in [0, 0.1) is 6.92 Å². The lowest BCUT2D eigenvalue weighted by Gasteiger charge is -2.12. The van der Waals surface area contributed by atoms with Crippen LogP contribution in [-0.4, -0.2) is 26.2 Å². The predicted octanol–water partition coefficient (Wildman–Crippen LogP) is 3.10. The first kappa shape index (κ1) is 19.8. The fraction of sp³-hybridized carbons (Fsp3) is 0.263. The van der Waals surface area contributed by atoms with Gasteiger partial charge in [-0.25, -0.2) is 17.9 Å². The maximum absolute atomic E-state index is 12.5. The van der Waals surface area contributed by atoms with Gasteiger partial charge in [0.2, 0.25) is 10.0 Å². The third-order valence-corrected chi connectivity index (χ3v) is 5.26. The van der Waals surface area contributed by atoms with Gasteiger partial charge < -0.3 is 4.74 Å². The molecule has 0 spiro atoms. The quantitative estimate of drug-likeness (QED) is 0.476. The molecule has 0 bridgehead atoms. The van der Waals surface area contributed by atoms with Crippen molar-refractivity contribution in [2.24, 2.45) is 0 Å². The van der Waals surface area contributed by atoms with Crippen LogP contribution in [-0.2, 0) is 10.0 Å². The van der Waals surface area contributed by atoms with Crippen molar-refractivity contribution in [3.8, 4) is 5.75 Å². The first-order valence-electron chi connectivity index (χ1n) is 8.06. The molecule has 7 heteroatoms. The smallest absolute Gasteiger partial charge is 0.343 e. The lowest BCUT2D eigenvalue weighted by atomic mass is 10.1. The summed E-state index contributed by atoms with van der Waals surface area (Å²) in [5.74, 6) is -0.484. The molecule has 2 aromatic carbocycles. The number of Topliss-reactive ketones (excluding diaryl/α,β-unsaturated/α-hetero) is 1. The summed E-state index contributed by atoms with van der Waals surface area (Å²) in [6, 6.07) is 10.2. The van der Waals surface area contributed by atoms with Crippen LogP contribution in [0.1, 0.15) is 47.1 Å². The van der Waals surface area contributed by atoms with Crippen LogP contribution in [0.25, 0.3) is 0 Å². The second-order valence-electron chi connectivity index (χ2n) is 6.22. The van der Waals surface area contributed by atoms with Crippen molar-refractivity contribution in [1.29, 1.82) is 0 Å². The summed E-state index contributed by atoms with van der Waals surface area (Å²) in [6.07, 6.45) is 0. The van der Waals surface area contributed by atoms with Crippen LogP contribution in [0.5, 0.6) is 5.75 Å². The Kier molecular flexibility index (Phi) is 5.94. The molecule has 0 unspecified atom stereocenters. The van der Waals surface area contributed by atoms with Crippen molar-refractivity contribution in [3.05, 3.63) is 59.2 Å². The van der Waals surface area contributed by atoms with Crippen molar-refractivity contribution in [3.63, 3.8) is 0 Å². The Morgan fingerprint density at radius 3 is 2.19 bits per heavy atom. The van der Waals surface area contributed by atoms with Crippen molar-refractivity contribution < 1.29 is 22.7 Å². The van der Waals surface area contributed by atoms with Gasteiger partial charge in [-0.1, -0.05) is 6.07 Å². The van der Waals surface area contributed by atoms with Gasteiger partial charge in [0.05, 0.1) is 10.5 Å². The topological polar surface area (TPSA) is 89.5 Å². The van der Waals surface area contributed by atoms with Crippen molar-refractivity contribution in [2.75, 3.05) is 0 Å². The van der Waals surface area contributed by atoms with E-state index in [0.29, 0.717) is 11.1 Å². The van der Waals surface area contributed by atoms with E-state index >= 15 is 0 Å². The summed E-state index contributed by atoms with van der Waals surface area (Å²) >= 11 is 0. The Morgan fingerprint density at radius 2 is 1.65 bits per heavy atom. The van der Waals surface area contributed by atoms with Crippen LogP contribution in [0.3, 0.4) is 0 Å². The summed E-state index contributed by atoms with van der Waals surface area (Å²) in [6.45, 7) is 6.57. The van der Waals surface area contributed by atoms with E-state index in [4.69, 9.17) is 4.74 Å². The molecule has 0 fully saturated rings. The van der Waals surface area contributed by atoms with Gasteiger partial charge in [0.1, 0.15) is 5.75 Å². The zero-order valence-electron chi connectivity index (χ0n) is 15.1. The van der Waals surface area contributed by atoms with Gasteiger partial charge in [0, 0.05) is 11.6 Å². The highest BCUT2D eigenvalue weighted by Gasteiger charge is 2.20. The fourth-order valence-corrected chi connectivity index (χ4v) is 3.56. The maximum Gasteiger partial charge on any atom is 0.343 e. The number of hydrogen-bond acceptors (Lipinski definition) is 5. The summed E-state index contributed by atoms with van der Waals surface area (Å²) in [5, 5.41) is 0. The number of aryl methyl sites for hydroxylation is 1. The second kappa shape index (κ2) is 7.80. The number of nitrogens with one attached hydrogen (secondary N) is 1. The molecule has 2 aromatic rings. The zero-order chi connectivity index (χ0) is 19.5. The van der Waals surface area contributed by atoms with Crippen LogP contribution in [0.2, 0.25) is 0 Å². The molecule has 0 amide bonds. The van der Waals surface area contributed by atoms with Gasteiger partial charge in [-0.05, 0) is 69.7 Å². The number of carbonyl (C=O) groups is 2. The van der Waals surface area contributed by atoms with Crippen LogP contribution < -0.4 is 9.46 Å². The third-order valence-electron chi connectivity index (χ3n) is 3.60. The minimum Gasteiger partial charge on any atom is -0.423 e. The molecule has 0 heterocycles. The largest absolute Gasteiger partial charge is 0.423 e. The Labute approximate surface area is 153 Å². The molecule has 138 valence electrons. The maximum atomic E-state index is 12.5. The number of rotatable bonds is 6. The first-order chi connectivity index (χ1) is 12.1. The number of esters is 1. The van der Waals surface area contributed by atoms with E-state index in [9.17, 15) is 18.0 Å². The lowest BCUT2D eigenvalue weighted by molar-refractivity contribution is 0.0733. The molecule has 0 aliphatic heterocycles. The molecule has 2 rings (SSSR count). The molecule has 0 atom stereocenters. The highest BCUT2D eigenvalue weighted by atomic mass is 32.2. The molecular formula is C19H21NO5S. The number of sulfonamides is 1. The van der Waals surface area contributed by atoms with Gasteiger partial charge in [-0.15, -0.1) is 0 Å². The molecule has 0 saturated carbocycles. The molecule has 0 aliphatic rings. The number of carbonyl (C=O) groups excluding carboxylic acids is 2. The second-order valence-corrected chi connectivity index (χ2v) is 7.94. The summed E-state index contributed by atoms with van der Waals surface area (Å²) in [7, 11) is -3.72. The average Bonchev–Trinajstić information content (AvgIpc) is 2.54. The predicted molar refractivity (Wildman–Crippen MR) is 98.0 cm³/mol. The molecule has 0 aromatic heterocycles. The number of hydrogen-bond donors (Lipinski definition) is 1. The normalized spacial score (nSPS) is 11.4. The van der Waals surface area contributed by atoms with Gasteiger partial charge in [0.25, 0.3) is 0 Å². The molecule has 6 nitrogen and oxygen atoms in total. The van der Waals surface area contributed by atoms with Crippen LogP contribution in [0.4, 0.5) is 0 Å². The monoisotopic (exact) mass is 375 g/mol. The zero-order valence-corrected chi connectivity index (χ0v) is 15.9. The fourth-order valence-electron chi connectivity index (χ4n) is 2.29. The van der Waals surface area contributed by atoms with Gasteiger partial charge in [-0.3, -0.25) is 4.79 Å². The molecule has 0 radical (unpaired) electrons. The molecular weight excluding hydrogens is 354 g/mol. The summed E-state index contributed by atoms with van der Waals surface area (Å²) in [4.78, 5) is 23.7. The van der Waals surface area contributed by atoms with E-state index in [-0.39, 0.29) is 28.0 Å². The summed E-state index contributed by atoms with van der Waals surface area (Å²) in [5.41, 5.74) is 1.26. The third kappa shape index (κ3) is 4.77. The highest BCUT2D eigenvalue weighted by molar-refractivity contribution is 7.89. The van der Waals surface area contributed by atoms with Crippen molar-refractivity contribution >= 4 is 21.8 Å².